The first-order valence-corrected chi connectivity index (χ1v) is 9.54. The van der Waals surface area contributed by atoms with Gasteiger partial charge in [-0.15, -0.1) is 11.3 Å². The van der Waals surface area contributed by atoms with Gasteiger partial charge in [0, 0.05) is 0 Å². The van der Waals surface area contributed by atoms with Crippen molar-refractivity contribution in [2.24, 2.45) is 0 Å². The number of rotatable bonds is 2. The summed E-state index contributed by atoms with van der Waals surface area (Å²) in [6.07, 6.45) is -9.55. The first-order valence-electron chi connectivity index (χ1n) is 7.90. The van der Waals surface area contributed by atoms with Crippen molar-refractivity contribution in [1.29, 1.82) is 0 Å². The van der Waals surface area contributed by atoms with Crippen LogP contribution in [-0.2, 0) is 12.4 Å². The van der Waals surface area contributed by atoms with Gasteiger partial charge in [-0.3, -0.25) is 0 Å². The Morgan fingerprint density at radius 3 is 2.10 bits per heavy atom. The Morgan fingerprint density at radius 2 is 1.57 bits per heavy atom. The van der Waals surface area contributed by atoms with Crippen molar-refractivity contribution in [3.8, 4) is 22.1 Å². The molecule has 4 aromatic rings. The quantitative estimate of drug-likeness (QED) is 0.310. The van der Waals surface area contributed by atoms with Crippen LogP contribution in [0.25, 0.3) is 33.3 Å². The Morgan fingerprint density at radius 1 is 0.900 bits per heavy atom. The molecule has 0 atom stereocenters. The van der Waals surface area contributed by atoms with Gasteiger partial charge in [0.1, 0.15) is 11.3 Å². The Hall–Kier alpha value is -2.37. The van der Waals surface area contributed by atoms with E-state index in [0.717, 1.165) is 11.3 Å². The van der Waals surface area contributed by atoms with Gasteiger partial charge >= 0.3 is 12.4 Å². The maximum Gasteiger partial charge on any atom is 0.435 e. The van der Waals surface area contributed by atoms with Gasteiger partial charge in [-0.1, -0.05) is 29.3 Å². The van der Waals surface area contributed by atoms with E-state index in [-0.39, 0.29) is 22.9 Å². The molecule has 4 nitrogen and oxygen atoms in total. The summed E-state index contributed by atoms with van der Waals surface area (Å²) in [4.78, 5) is 14.4. The summed E-state index contributed by atoms with van der Waals surface area (Å²) < 4.78 is 79.5. The maximum atomic E-state index is 13.6. The first kappa shape index (κ1) is 20.9. The minimum absolute atomic E-state index is 0.185. The van der Waals surface area contributed by atoms with E-state index < -0.39 is 39.2 Å². The van der Waals surface area contributed by atoms with E-state index in [0.29, 0.717) is 17.0 Å². The molecule has 0 bridgehead atoms. The maximum absolute atomic E-state index is 13.6. The van der Waals surface area contributed by atoms with Crippen LogP contribution in [0.3, 0.4) is 0 Å². The molecule has 3 heterocycles. The van der Waals surface area contributed by atoms with E-state index >= 15 is 0 Å². The molecule has 0 saturated heterocycles. The average molecular weight is 483 g/mol. The number of imidazole rings is 1. The Bertz CT molecular complexity index is 1220. The summed E-state index contributed by atoms with van der Waals surface area (Å²) in [6, 6.07) is 4.40. The number of aromatic amines is 1. The van der Waals surface area contributed by atoms with E-state index in [1.165, 1.54) is 0 Å². The lowest BCUT2D eigenvalue weighted by Crippen LogP contribution is -2.10. The van der Waals surface area contributed by atoms with E-state index in [9.17, 15) is 26.3 Å². The van der Waals surface area contributed by atoms with Gasteiger partial charge in [0.25, 0.3) is 0 Å². The normalized spacial score (nSPS) is 12.7. The molecule has 1 N–H and O–H groups in total. The molecular weight excluding hydrogens is 477 g/mol. The van der Waals surface area contributed by atoms with Crippen LogP contribution in [0.15, 0.2) is 29.6 Å². The average Bonchev–Trinajstić information content (AvgIpc) is 3.28. The van der Waals surface area contributed by atoms with Crippen molar-refractivity contribution in [3.63, 3.8) is 0 Å². The smallest absolute Gasteiger partial charge is 0.335 e. The van der Waals surface area contributed by atoms with Crippen LogP contribution in [0, 0.1) is 0 Å². The van der Waals surface area contributed by atoms with Gasteiger partial charge in [-0.25, -0.2) is 15.0 Å². The molecule has 0 aliphatic carbocycles. The number of alkyl halides is 6. The SMILES string of the molecule is FC(F)(F)c1cc(Cl)c(-c2nc3nc(-c4cccs4)nc(C(F)(F)F)c3[nH]2)c(Cl)c1. The highest BCUT2D eigenvalue weighted by molar-refractivity contribution is 7.13. The first-order chi connectivity index (χ1) is 13.9. The van der Waals surface area contributed by atoms with E-state index in [2.05, 4.69) is 19.9 Å². The van der Waals surface area contributed by atoms with Crippen LogP contribution in [0.4, 0.5) is 26.3 Å². The third-order valence-corrected chi connectivity index (χ3v) is 5.43. The predicted octanol–water partition coefficient (Wildman–Crippen LogP) is 7.09. The summed E-state index contributed by atoms with van der Waals surface area (Å²) in [6.45, 7) is 0. The molecule has 0 amide bonds. The summed E-state index contributed by atoms with van der Waals surface area (Å²) in [7, 11) is 0. The van der Waals surface area contributed by atoms with Crippen molar-refractivity contribution >= 4 is 45.7 Å². The molecule has 0 spiro atoms. The van der Waals surface area contributed by atoms with Crippen molar-refractivity contribution in [1.82, 2.24) is 19.9 Å². The standard InChI is InChI=1S/C17H6Cl2F6N4S/c18-7-4-6(16(20,21)22)5-8(19)10(7)14-26-11-12(17(23,24)25)27-13(28-15(11)29-14)9-2-1-3-30-9/h1-5H,(H,26,27,28,29). The van der Waals surface area contributed by atoms with E-state index in [1.54, 1.807) is 17.5 Å². The second-order valence-corrected chi connectivity index (χ2v) is 7.73. The second kappa shape index (κ2) is 7.10. The van der Waals surface area contributed by atoms with Gasteiger partial charge in [-0.05, 0) is 23.6 Å². The van der Waals surface area contributed by atoms with Gasteiger partial charge in [0.05, 0.1) is 26.0 Å². The number of nitrogens with one attached hydrogen (secondary N) is 1. The van der Waals surface area contributed by atoms with Crippen molar-refractivity contribution in [2.75, 3.05) is 0 Å². The van der Waals surface area contributed by atoms with Crippen LogP contribution in [0.2, 0.25) is 10.0 Å². The van der Waals surface area contributed by atoms with Crippen LogP contribution in [0.5, 0.6) is 0 Å². The van der Waals surface area contributed by atoms with Crippen molar-refractivity contribution in [3.05, 3.63) is 50.9 Å². The zero-order valence-corrected chi connectivity index (χ0v) is 16.5. The van der Waals surface area contributed by atoms with Crippen LogP contribution in [0.1, 0.15) is 11.3 Å². The molecule has 3 aromatic heterocycles. The van der Waals surface area contributed by atoms with E-state index in [4.69, 9.17) is 23.2 Å². The highest BCUT2D eigenvalue weighted by Crippen LogP contribution is 2.41. The van der Waals surface area contributed by atoms with Crippen LogP contribution >= 0.6 is 34.5 Å². The number of nitrogens with zero attached hydrogens (tertiary/aromatic N) is 3. The highest BCUT2D eigenvalue weighted by atomic mass is 35.5. The molecule has 1 aromatic carbocycles. The molecule has 13 heteroatoms. The molecule has 0 fully saturated rings. The van der Waals surface area contributed by atoms with Gasteiger partial charge in [0.2, 0.25) is 0 Å². The second-order valence-electron chi connectivity index (χ2n) is 5.97. The fourth-order valence-electron chi connectivity index (χ4n) is 2.70. The molecule has 30 heavy (non-hydrogen) atoms. The molecule has 0 aliphatic heterocycles. The molecular formula is C17H6Cl2F6N4S. The minimum atomic E-state index is -4.84. The van der Waals surface area contributed by atoms with Crippen LogP contribution < -0.4 is 0 Å². The fourth-order valence-corrected chi connectivity index (χ4v) is 4.02. The van der Waals surface area contributed by atoms with Crippen molar-refractivity contribution in [2.45, 2.75) is 12.4 Å². The number of hydrogen-bond donors (Lipinski definition) is 1. The molecule has 4 rings (SSSR count). The van der Waals surface area contributed by atoms with Gasteiger partial charge < -0.3 is 4.98 Å². The third-order valence-electron chi connectivity index (χ3n) is 3.97. The zero-order valence-electron chi connectivity index (χ0n) is 14.2. The van der Waals surface area contributed by atoms with Crippen LogP contribution in [-0.4, -0.2) is 19.9 Å². The van der Waals surface area contributed by atoms with E-state index in [1.807, 2.05) is 0 Å². The predicted molar refractivity (Wildman–Crippen MR) is 100 cm³/mol. The lowest BCUT2D eigenvalue weighted by molar-refractivity contribution is -0.140. The molecule has 0 saturated carbocycles. The monoisotopic (exact) mass is 482 g/mol. The molecule has 0 aliphatic rings. The lowest BCUT2D eigenvalue weighted by atomic mass is 10.1. The molecule has 0 unspecified atom stereocenters. The Labute approximate surface area is 177 Å². The third kappa shape index (κ3) is 3.72. The highest BCUT2D eigenvalue weighted by Gasteiger charge is 2.38. The van der Waals surface area contributed by atoms with Gasteiger partial charge in [0.15, 0.2) is 17.2 Å². The summed E-state index contributed by atoms with van der Waals surface area (Å²) in [5.41, 5.74) is -3.43. The number of benzene rings is 1. The summed E-state index contributed by atoms with van der Waals surface area (Å²) in [5.74, 6) is -0.454. The number of hydrogen-bond acceptors (Lipinski definition) is 4. The van der Waals surface area contributed by atoms with Gasteiger partial charge in [-0.2, -0.15) is 26.3 Å². The number of H-pyrrole nitrogens is 1. The topological polar surface area (TPSA) is 54.5 Å². The minimum Gasteiger partial charge on any atom is -0.335 e. The number of halogens is 8. The number of aromatic nitrogens is 4. The Kier molecular flexibility index (Phi) is 4.94. The number of fused-ring (bicyclic) bond motifs is 1. The molecule has 0 radical (unpaired) electrons. The Balaban J connectivity index is 1.95. The number of thiophene rings is 1. The molecule has 156 valence electrons. The summed E-state index contributed by atoms with van der Waals surface area (Å²) in [5, 5.41) is 0.774. The zero-order chi connectivity index (χ0) is 21.8. The largest absolute Gasteiger partial charge is 0.435 e. The van der Waals surface area contributed by atoms with Crippen molar-refractivity contribution < 1.29 is 26.3 Å². The fraction of sp³-hybridized carbons (Fsp3) is 0.118. The lowest BCUT2D eigenvalue weighted by Gasteiger charge is -2.10. The summed E-state index contributed by atoms with van der Waals surface area (Å²) >= 11 is 13.0.